The van der Waals surface area contributed by atoms with Crippen LogP contribution in [0.3, 0.4) is 0 Å². The van der Waals surface area contributed by atoms with Gasteiger partial charge in [-0.25, -0.2) is 0 Å². The van der Waals surface area contributed by atoms with Crippen molar-refractivity contribution in [3.05, 3.63) is 0 Å². The van der Waals surface area contributed by atoms with Gasteiger partial charge >= 0.3 is 0 Å². The topological polar surface area (TPSA) is 18.5 Å². The SMILES string of the molecule is CCCN(CCN(C)C)CC(C)(CCC)CNC(C)C. The monoisotopic (exact) mass is 285 g/mol. The first-order valence-electron chi connectivity index (χ1n) is 8.43. The van der Waals surface area contributed by atoms with Crippen LogP contribution in [0.25, 0.3) is 0 Å². The highest BCUT2D eigenvalue weighted by molar-refractivity contribution is 4.81. The van der Waals surface area contributed by atoms with E-state index in [1.807, 2.05) is 0 Å². The van der Waals surface area contributed by atoms with Gasteiger partial charge in [-0.15, -0.1) is 0 Å². The summed E-state index contributed by atoms with van der Waals surface area (Å²) in [5.41, 5.74) is 0.389. The molecular formula is C17H39N3. The second-order valence-electron chi connectivity index (χ2n) is 7.18. The summed E-state index contributed by atoms with van der Waals surface area (Å²) in [4.78, 5) is 4.93. The molecule has 0 fully saturated rings. The van der Waals surface area contributed by atoms with Crippen LogP contribution in [0.2, 0.25) is 0 Å². The zero-order valence-corrected chi connectivity index (χ0v) is 15.1. The van der Waals surface area contributed by atoms with E-state index in [-0.39, 0.29) is 0 Å². The maximum Gasteiger partial charge on any atom is 0.0109 e. The fraction of sp³-hybridized carbons (Fsp3) is 1.00. The van der Waals surface area contributed by atoms with Crippen LogP contribution in [0.1, 0.15) is 53.9 Å². The molecule has 0 bridgehead atoms. The van der Waals surface area contributed by atoms with E-state index in [4.69, 9.17) is 0 Å². The molecule has 0 saturated heterocycles. The summed E-state index contributed by atoms with van der Waals surface area (Å²) in [5, 5.41) is 3.65. The Hall–Kier alpha value is -0.120. The fourth-order valence-electron chi connectivity index (χ4n) is 2.74. The lowest BCUT2D eigenvalue weighted by Crippen LogP contribution is -2.45. The van der Waals surface area contributed by atoms with Gasteiger partial charge in [0.25, 0.3) is 0 Å². The smallest absolute Gasteiger partial charge is 0.0109 e. The molecule has 0 aromatic rings. The molecule has 20 heavy (non-hydrogen) atoms. The zero-order valence-electron chi connectivity index (χ0n) is 15.1. The molecule has 1 atom stereocenters. The number of nitrogens with zero attached hydrogens (tertiary/aromatic N) is 2. The van der Waals surface area contributed by atoms with Gasteiger partial charge in [0.1, 0.15) is 0 Å². The average molecular weight is 286 g/mol. The fourth-order valence-corrected chi connectivity index (χ4v) is 2.74. The predicted octanol–water partition coefficient (Wildman–Crippen LogP) is 3.06. The molecule has 1 unspecified atom stereocenters. The number of rotatable bonds is 12. The van der Waals surface area contributed by atoms with Crippen LogP contribution in [-0.4, -0.2) is 62.7 Å². The third-order valence-electron chi connectivity index (χ3n) is 3.80. The van der Waals surface area contributed by atoms with Crippen LogP contribution in [0.5, 0.6) is 0 Å². The number of hydrogen-bond acceptors (Lipinski definition) is 3. The highest BCUT2D eigenvalue weighted by Gasteiger charge is 2.26. The Morgan fingerprint density at radius 3 is 2.10 bits per heavy atom. The van der Waals surface area contributed by atoms with E-state index in [1.165, 1.54) is 38.9 Å². The van der Waals surface area contributed by atoms with Crippen LogP contribution in [0, 0.1) is 5.41 Å². The van der Waals surface area contributed by atoms with Gasteiger partial charge in [0.2, 0.25) is 0 Å². The van der Waals surface area contributed by atoms with Crippen LogP contribution in [0.4, 0.5) is 0 Å². The van der Waals surface area contributed by atoms with Gasteiger partial charge in [-0.05, 0) is 38.9 Å². The molecule has 122 valence electrons. The first kappa shape index (κ1) is 19.9. The van der Waals surface area contributed by atoms with Crippen molar-refractivity contribution in [2.75, 3.05) is 46.8 Å². The first-order chi connectivity index (χ1) is 9.33. The zero-order chi connectivity index (χ0) is 15.6. The van der Waals surface area contributed by atoms with Gasteiger partial charge in [-0.3, -0.25) is 0 Å². The predicted molar refractivity (Wildman–Crippen MR) is 91.4 cm³/mol. The van der Waals surface area contributed by atoms with E-state index >= 15 is 0 Å². The van der Waals surface area contributed by atoms with E-state index in [1.54, 1.807) is 0 Å². The number of likely N-dealkylation sites (N-methyl/N-ethyl adjacent to an activating group) is 1. The minimum Gasteiger partial charge on any atom is -0.314 e. The molecule has 1 N–H and O–H groups in total. The van der Waals surface area contributed by atoms with Crippen molar-refractivity contribution < 1.29 is 0 Å². The van der Waals surface area contributed by atoms with Crippen molar-refractivity contribution in [2.24, 2.45) is 5.41 Å². The maximum atomic E-state index is 3.65. The number of hydrogen-bond donors (Lipinski definition) is 1. The normalized spacial score (nSPS) is 15.3. The van der Waals surface area contributed by atoms with Gasteiger partial charge in [0.05, 0.1) is 0 Å². The van der Waals surface area contributed by atoms with E-state index in [0.29, 0.717) is 11.5 Å². The van der Waals surface area contributed by atoms with Crippen LogP contribution in [-0.2, 0) is 0 Å². The Balaban J connectivity index is 4.53. The van der Waals surface area contributed by atoms with Crippen LogP contribution >= 0.6 is 0 Å². The molecule has 0 aliphatic rings. The summed E-state index contributed by atoms with van der Waals surface area (Å²) in [5.74, 6) is 0. The van der Waals surface area contributed by atoms with Crippen molar-refractivity contribution in [3.63, 3.8) is 0 Å². The third kappa shape index (κ3) is 9.73. The highest BCUT2D eigenvalue weighted by Crippen LogP contribution is 2.24. The molecule has 0 radical (unpaired) electrons. The van der Waals surface area contributed by atoms with Crippen molar-refractivity contribution >= 4 is 0 Å². The largest absolute Gasteiger partial charge is 0.314 e. The second-order valence-corrected chi connectivity index (χ2v) is 7.18. The quantitative estimate of drug-likeness (QED) is 0.594. The lowest BCUT2D eigenvalue weighted by molar-refractivity contribution is 0.138. The number of nitrogens with one attached hydrogen (secondary N) is 1. The molecular weight excluding hydrogens is 246 g/mol. The molecule has 0 amide bonds. The molecule has 0 aliphatic carbocycles. The molecule has 0 saturated carbocycles. The van der Waals surface area contributed by atoms with E-state index < -0.39 is 0 Å². The van der Waals surface area contributed by atoms with Crippen LogP contribution in [0.15, 0.2) is 0 Å². The molecule has 0 spiro atoms. The summed E-state index contributed by atoms with van der Waals surface area (Å²) >= 11 is 0. The Labute approximate surface area is 128 Å². The van der Waals surface area contributed by atoms with Gasteiger partial charge in [0, 0.05) is 32.2 Å². The Morgan fingerprint density at radius 1 is 1.00 bits per heavy atom. The Kier molecular flexibility index (Phi) is 10.5. The van der Waals surface area contributed by atoms with Gasteiger partial charge < -0.3 is 15.1 Å². The molecule has 0 aromatic heterocycles. The molecule has 0 aliphatic heterocycles. The van der Waals surface area contributed by atoms with Crippen molar-refractivity contribution in [2.45, 2.75) is 59.9 Å². The Bertz CT molecular complexity index is 228. The Morgan fingerprint density at radius 2 is 1.65 bits per heavy atom. The summed E-state index contributed by atoms with van der Waals surface area (Å²) in [6.07, 6.45) is 3.81. The summed E-state index contributed by atoms with van der Waals surface area (Å²) in [6.45, 7) is 17.4. The molecule has 3 heteroatoms. The first-order valence-corrected chi connectivity index (χ1v) is 8.43. The van der Waals surface area contributed by atoms with Gasteiger partial charge in [-0.1, -0.05) is 41.0 Å². The maximum absolute atomic E-state index is 3.65. The minimum absolute atomic E-state index is 0.389. The molecule has 3 nitrogen and oxygen atoms in total. The second kappa shape index (κ2) is 10.6. The highest BCUT2D eigenvalue weighted by atomic mass is 15.2. The molecule has 0 aromatic carbocycles. The van der Waals surface area contributed by atoms with Crippen molar-refractivity contribution in [1.82, 2.24) is 15.1 Å². The lowest BCUT2D eigenvalue weighted by Gasteiger charge is -2.37. The van der Waals surface area contributed by atoms with Crippen LogP contribution < -0.4 is 5.32 Å². The van der Waals surface area contributed by atoms with Crippen molar-refractivity contribution in [3.8, 4) is 0 Å². The average Bonchev–Trinajstić information content (AvgIpc) is 2.34. The summed E-state index contributed by atoms with van der Waals surface area (Å²) < 4.78 is 0. The molecule has 0 heterocycles. The summed E-state index contributed by atoms with van der Waals surface area (Å²) in [6, 6.07) is 0.576. The van der Waals surface area contributed by atoms with Gasteiger partial charge in [-0.2, -0.15) is 0 Å². The summed E-state index contributed by atoms with van der Waals surface area (Å²) in [7, 11) is 4.32. The minimum atomic E-state index is 0.389. The van der Waals surface area contributed by atoms with Crippen molar-refractivity contribution in [1.29, 1.82) is 0 Å². The van der Waals surface area contributed by atoms with E-state index in [0.717, 1.165) is 13.1 Å². The third-order valence-corrected chi connectivity index (χ3v) is 3.80. The van der Waals surface area contributed by atoms with E-state index in [9.17, 15) is 0 Å². The molecule has 0 rings (SSSR count). The lowest BCUT2D eigenvalue weighted by atomic mass is 9.84. The van der Waals surface area contributed by atoms with Gasteiger partial charge in [0.15, 0.2) is 0 Å². The van der Waals surface area contributed by atoms with E-state index in [2.05, 4.69) is 63.8 Å². The standard InChI is InChI=1S/C17H39N3/c1-8-10-17(5,14-18-16(3)4)15-20(11-9-2)13-12-19(6)7/h16,18H,8-15H2,1-7H3.